The number of aliphatic hydroxyl groups excluding tert-OH is 1. The van der Waals surface area contributed by atoms with Gasteiger partial charge in [-0.25, -0.2) is 0 Å². The molecule has 3 heteroatoms. The number of allylic oxidation sites excluding steroid dienone is 1. The summed E-state index contributed by atoms with van der Waals surface area (Å²) in [5, 5.41) is 9.66. The van der Waals surface area contributed by atoms with E-state index in [0.29, 0.717) is 19.8 Å². The van der Waals surface area contributed by atoms with Gasteiger partial charge in [-0.05, 0) is 19.3 Å². The van der Waals surface area contributed by atoms with Gasteiger partial charge < -0.3 is 14.6 Å². The van der Waals surface area contributed by atoms with E-state index in [-0.39, 0.29) is 12.2 Å². The van der Waals surface area contributed by atoms with Crippen LogP contribution in [0.2, 0.25) is 0 Å². The summed E-state index contributed by atoms with van der Waals surface area (Å²) in [5.41, 5.74) is 0. The second-order valence-electron chi connectivity index (χ2n) is 3.27. The lowest BCUT2D eigenvalue weighted by Gasteiger charge is -2.27. The Morgan fingerprint density at radius 3 is 3.00 bits per heavy atom. The number of hydrogen-bond acceptors (Lipinski definition) is 3. The summed E-state index contributed by atoms with van der Waals surface area (Å²) >= 11 is 0. The molecule has 1 aliphatic heterocycles. The van der Waals surface area contributed by atoms with Crippen molar-refractivity contribution in [3.8, 4) is 0 Å². The van der Waals surface area contributed by atoms with Crippen molar-refractivity contribution in [3.63, 3.8) is 0 Å². The third-order valence-electron chi connectivity index (χ3n) is 2.18. The van der Waals surface area contributed by atoms with Crippen molar-refractivity contribution < 1.29 is 14.6 Å². The Morgan fingerprint density at radius 2 is 2.38 bits per heavy atom. The largest absolute Gasteiger partial charge is 0.390 e. The van der Waals surface area contributed by atoms with Crippen LogP contribution in [0.1, 0.15) is 19.3 Å². The van der Waals surface area contributed by atoms with Gasteiger partial charge in [0.05, 0.1) is 25.9 Å². The van der Waals surface area contributed by atoms with Crippen molar-refractivity contribution in [2.45, 2.75) is 31.5 Å². The lowest BCUT2D eigenvalue weighted by atomic mass is 10.1. The molecule has 76 valence electrons. The summed E-state index contributed by atoms with van der Waals surface area (Å²) in [4.78, 5) is 0. The van der Waals surface area contributed by atoms with Gasteiger partial charge in [0.1, 0.15) is 6.10 Å². The van der Waals surface area contributed by atoms with Gasteiger partial charge in [-0.1, -0.05) is 6.08 Å². The molecule has 0 radical (unpaired) electrons. The van der Waals surface area contributed by atoms with Crippen LogP contribution in [-0.2, 0) is 9.47 Å². The molecule has 1 heterocycles. The topological polar surface area (TPSA) is 38.7 Å². The van der Waals surface area contributed by atoms with E-state index in [1.54, 1.807) is 0 Å². The van der Waals surface area contributed by atoms with Crippen LogP contribution in [0, 0.1) is 0 Å². The molecule has 2 atom stereocenters. The maximum absolute atomic E-state index is 9.66. The molecule has 2 unspecified atom stereocenters. The third kappa shape index (κ3) is 3.89. The van der Waals surface area contributed by atoms with Crippen LogP contribution in [0.25, 0.3) is 0 Å². The van der Waals surface area contributed by atoms with Crippen LogP contribution in [0.3, 0.4) is 0 Å². The fourth-order valence-corrected chi connectivity index (χ4v) is 1.39. The first kappa shape index (κ1) is 10.7. The zero-order valence-electron chi connectivity index (χ0n) is 7.95. The number of hydrogen-bond donors (Lipinski definition) is 1. The van der Waals surface area contributed by atoms with Crippen molar-refractivity contribution in [1.29, 1.82) is 0 Å². The van der Waals surface area contributed by atoms with Crippen molar-refractivity contribution in [3.05, 3.63) is 12.7 Å². The Bertz CT molecular complexity index is 141. The van der Waals surface area contributed by atoms with Crippen LogP contribution in [-0.4, -0.2) is 37.1 Å². The van der Waals surface area contributed by atoms with Crippen molar-refractivity contribution in [2.75, 3.05) is 19.8 Å². The van der Waals surface area contributed by atoms with Gasteiger partial charge in [-0.15, -0.1) is 6.58 Å². The summed E-state index contributed by atoms with van der Waals surface area (Å²) < 4.78 is 10.6. The van der Waals surface area contributed by atoms with E-state index in [0.717, 1.165) is 19.3 Å². The van der Waals surface area contributed by atoms with Crippen molar-refractivity contribution in [2.24, 2.45) is 0 Å². The Hall–Kier alpha value is -0.380. The van der Waals surface area contributed by atoms with Crippen LogP contribution >= 0.6 is 0 Å². The summed E-state index contributed by atoms with van der Waals surface area (Å²) in [6, 6.07) is 0. The van der Waals surface area contributed by atoms with Gasteiger partial charge in [0, 0.05) is 0 Å². The monoisotopic (exact) mass is 186 g/mol. The SMILES string of the molecule is C=CCCCC(O)C1COCCO1. The van der Waals surface area contributed by atoms with Gasteiger partial charge >= 0.3 is 0 Å². The second kappa shape index (κ2) is 6.13. The van der Waals surface area contributed by atoms with Crippen LogP contribution in [0.5, 0.6) is 0 Å². The lowest BCUT2D eigenvalue weighted by Crippen LogP contribution is -2.38. The fourth-order valence-electron chi connectivity index (χ4n) is 1.39. The highest BCUT2D eigenvalue weighted by Gasteiger charge is 2.22. The second-order valence-corrected chi connectivity index (χ2v) is 3.27. The van der Waals surface area contributed by atoms with Crippen molar-refractivity contribution >= 4 is 0 Å². The average Bonchev–Trinajstić information content (AvgIpc) is 2.19. The summed E-state index contributed by atoms with van der Waals surface area (Å²) in [7, 11) is 0. The van der Waals surface area contributed by atoms with E-state index < -0.39 is 0 Å². The van der Waals surface area contributed by atoms with E-state index >= 15 is 0 Å². The molecule has 3 nitrogen and oxygen atoms in total. The molecule has 0 aromatic heterocycles. The molecule has 0 aromatic rings. The molecule has 1 fully saturated rings. The maximum Gasteiger partial charge on any atom is 0.107 e. The minimum atomic E-state index is -0.389. The minimum absolute atomic E-state index is 0.126. The van der Waals surface area contributed by atoms with Crippen LogP contribution in [0.15, 0.2) is 12.7 Å². The van der Waals surface area contributed by atoms with Crippen LogP contribution in [0.4, 0.5) is 0 Å². The zero-order chi connectivity index (χ0) is 9.52. The third-order valence-corrected chi connectivity index (χ3v) is 2.18. The minimum Gasteiger partial charge on any atom is -0.390 e. The lowest BCUT2D eigenvalue weighted by molar-refractivity contribution is -0.133. The molecule has 0 saturated carbocycles. The predicted octanol–water partition coefficient (Wildman–Crippen LogP) is 1.12. The number of rotatable bonds is 5. The molecule has 0 amide bonds. The molecule has 1 N–H and O–H groups in total. The molecule has 0 spiro atoms. The highest BCUT2D eigenvalue weighted by atomic mass is 16.6. The number of unbranched alkanes of at least 4 members (excludes halogenated alkanes) is 1. The normalized spacial score (nSPS) is 25.5. The first-order chi connectivity index (χ1) is 6.34. The molecule has 1 saturated heterocycles. The number of ether oxygens (including phenoxy) is 2. The molecule has 0 aromatic carbocycles. The number of aliphatic hydroxyl groups is 1. The molecule has 13 heavy (non-hydrogen) atoms. The standard InChI is InChI=1S/C10H18O3/c1-2-3-4-5-9(11)10-8-12-6-7-13-10/h2,9-11H,1,3-8H2. The Kier molecular flexibility index (Phi) is 5.05. The van der Waals surface area contributed by atoms with E-state index in [1.807, 2.05) is 6.08 Å². The molecule has 1 rings (SSSR count). The van der Waals surface area contributed by atoms with Gasteiger partial charge in [0.25, 0.3) is 0 Å². The van der Waals surface area contributed by atoms with Gasteiger partial charge in [-0.2, -0.15) is 0 Å². The smallest absolute Gasteiger partial charge is 0.107 e. The Morgan fingerprint density at radius 1 is 1.54 bits per heavy atom. The predicted molar refractivity (Wildman–Crippen MR) is 50.6 cm³/mol. The first-order valence-electron chi connectivity index (χ1n) is 4.83. The molecule has 1 aliphatic rings. The van der Waals surface area contributed by atoms with Gasteiger partial charge in [-0.3, -0.25) is 0 Å². The van der Waals surface area contributed by atoms with Crippen molar-refractivity contribution in [1.82, 2.24) is 0 Å². The highest BCUT2D eigenvalue weighted by Crippen LogP contribution is 2.11. The molecular weight excluding hydrogens is 168 g/mol. The van der Waals surface area contributed by atoms with Gasteiger partial charge in [0.15, 0.2) is 0 Å². The summed E-state index contributed by atoms with van der Waals surface area (Å²) in [6.07, 6.45) is 4.03. The fraction of sp³-hybridized carbons (Fsp3) is 0.800. The Labute approximate surface area is 79.3 Å². The Balaban J connectivity index is 2.13. The van der Waals surface area contributed by atoms with Crippen LogP contribution < -0.4 is 0 Å². The average molecular weight is 186 g/mol. The van der Waals surface area contributed by atoms with Gasteiger partial charge in [0.2, 0.25) is 0 Å². The highest BCUT2D eigenvalue weighted by molar-refractivity contribution is 4.73. The van der Waals surface area contributed by atoms with E-state index in [1.165, 1.54) is 0 Å². The summed E-state index contributed by atoms with van der Waals surface area (Å²) in [6.45, 7) is 5.40. The molecule has 0 bridgehead atoms. The molecule has 0 aliphatic carbocycles. The van der Waals surface area contributed by atoms with E-state index in [2.05, 4.69) is 6.58 Å². The zero-order valence-corrected chi connectivity index (χ0v) is 7.95. The van der Waals surface area contributed by atoms with E-state index in [9.17, 15) is 5.11 Å². The quantitative estimate of drug-likeness (QED) is 0.516. The van der Waals surface area contributed by atoms with E-state index in [4.69, 9.17) is 9.47 Å². The molecular formula is C10H18O3. The maximum atomic E-state index is 9.66. The summed E-state index contributed by atoms with van der Waals surface area (Å²) in [5.74, 6) is 0. The first-order valence-corrected chi connectivity index (χ1v) is 4.83.